The maximum absolute atomic E-state index is 12.6. The lowest BCUT2D eigenvalue weighted by atomic mass is 9.98. The van der Waals surface area contributed by atoms with Gasteiger partial charge in [0.1, 0.15) is 0 Å². The molecule has 1 aromatic heterocycles. The molecule has 0 aliphatic carbocycles. The normalized spacial score (nSPS) is 18.0. The van der Waals surface area contributed by atoms with Crippen LogP contribution in [-0.4, -0.2) is 36.3 Å². The van der Waals surface area contributed by atoms with Gasteiger partial charge in [0.2, 0.25) is 10.0 Å². The Kier molecular flexibility index (Phi) is 4.98. The molecule has 1 aliphatic rings. The lowest BCUT2D eigenvalue weighted by molar-refractivity contribution is -0.122. The van der Waals surface area contributed by atoms with E-state index in [0.29, 0.717) is 35.6 Å². The van der Waals surface area contributed by atoms with Crippen molar-refractivity contribution >= 4 is 27.3 Å². The molecule has 1 aromatic carbocycles. The summed E-state index contributed by atoms with van der Waals surface area (Å²) >= 11 is 1.41. The summed E-state index contributed by atoms with van der Waals surface area (Å²) < 4.78 is 28.4. The van der Waals surface area contributed by atoms with Crippen molar-refractivity contribution in [3.8, 4) is 0 Å². The number of piperidine rings is 1. The summed E-state index contributed by atoms with van der Waals surface area (Å²) in [6.07, 6.45) is 2.86. The van der Waals surface area contributed by atoms with E-state index in [1.807, 2.05) is 18.6 Å². The van der Waals surface area contributed by atoms with E-state index in [4.69, 9.17) is 0 Å². The topological polar surface area (TPSA) is 71.7 Å². The van der Waals surface area contributed by atoms with E-state index < -0.39 is 10.0 Å². The number of hydrogen-bond donors (Lipinski definition) is 0. The Morgan fingerprint density at radius 2 is 1.88 bits per heavy atom. The number of thiazole rings is 1. The van der Waals surface area contributed by atoms with Gasteiger partial charge in [-0.15, -0.1) is 11.3 Å². The van der Waals surface area contributed by atoms with E-state index in [0.717, 1.165) is 0 Å². The number of amides is 1. The van der Waals surface area contributed by atoms with E-state index in [1.54, 1.807) is 34.9 Å². The zero-order valence-electron chi connectivity index (χ0n) is 13.3. The highest BCUT2D eigenvalue weighted by Crippen LogP contribution is 2.24. The standard InChI is InChI=1S/C16H19N3O3S2/c1-18-11-12-23-16(18)17-15(20)13-7-9-19(10-8-13)24(21,22)14-5-3-2-4-6-14/h2-6,11-13H,7-10H2,1H3. The molecule has 24 heavy (non-hydrogen) atoms. The van der Waals surface area contributed by atoms with Gasteiger partial charge in [-0.3, -0.25) is 4.79 Å². The highest BCUT2D eigenvalue weighted by molar-refractivity contribution is 7.89. The Labute approximate surface area is 145 Å². The van der Waals surface area contributed by atoms with Gasteiger partial charge in [0.25, 0.3) is 5.91 Å². The summed E-state index contributed by atoms with van der Waals surface area (Å²) in [5.74, 6) is -0.376. The molecule has 3 rings (SSSR count). The third-order valence-electron chi connectivity index (χ3n) is 4.15. The molecular formula is C16H19N3O3S2. The fourth-order valence-corrected chi connectivity index (χ4v) is 4.93. The monoisotopic (exact) mass is 365 g/mol. The van der Waals surface area contributed by atoms with Gasteiger partial charge in [-0.2, -0.15) is 9.30 Å². The van der Waals surface area contributed by atoms with E-state index in [-0.39, 0.29) is 11.8 Å². The van der Waals surface area contributed by atoms with Crippen LogP contribution in [0.1, 0.15) is 12.8 Å². The minimum absolute atomic E-state index is 0.162. The van der Waals surface area contributed by atoms with Crippen LogP contribution in [-0.2, 0) is 21.9 Å². The summed E-state index contributed by atoms with van der Waals surface area (Å²) in [6.45, 7) is 0.694. The molecule has 128 valence electrons. The molecule has 1 amide bonds. The van der Waals surface area contributed by atoms with Crippen LogP contribution in [0, 0.1) is 5.92 Å². The van der Waals surface area contributed by atoms with Crippen molar-refractivity contribution in [3.63, 3.8) is 0 Å². The van der Waals surface area contributed by atoms with Gasteiger partial charge < -0.3 is 4.57 Å². The first kappa shape index (κ1) is 17.1. The van der Waals surface area contributed by atoms with Crippen LogP contribution in [0.25, 0.3) is 0 Å². The van der Waals surface area contributed by atoms with Gasteiger partial charge >= 0.3 is 0 Å². The first-order valence-electron chi connectivity index (χ1n) is 7.72. The Morgan fingerprint density at radius 3 is 2.46 bits per heavy atom. The molecule has 1 aliphatic heterocycles. The molecular weight excluding hydrogens is 346 g/mol. The van der Waals surface area contributed by atoms with Crippen molar-refractivity contribution in [2.75, 3.05) is 13.1 Å². The van der Waals surface area contributed by atoms with E-state index in [2.05, 4.69) is 4.99 Å². The smallest absolute Gasteiger partial charge is 0.251 e. The second kappa shape index (κ2) is 7.00. The summed E-state index contributed by atoms with van der Waals surface area (Å²) in [4.78, 5) is 17.4. The number of sulfonamides is 1. The maximum Gasteiger partial charge on any atom is 0.251 e. The molecule has 1 saturated heterocycles. The van der Waals surface area contributed by atoms with Crippen molar-refractivity contribution in [3.05, 3.63) is 46.7 Å². The SMILES string of the molecule is Cn1ccsc1=NC(=O)C1CCN(S(=O)(=O)c2ccccc2)CC1. The Bertz CT molecular complexity index is 877. The number of rotatable bonds is 3. The first-order chi connectivity index (χ1) is 11.5. The van der Waals surface area contributed by atoms with Crippen LogP contribution >= 0.6 is 11.3 Å². The van der Waals surface area contributed by atoms with Crippen LogP contribution in [0.4, 0.5) is 0 Å². The molecule has 0 bridgehead atoms. The average molecular weight is 365 g/mol. The number of carbonyl (C=O) groups excluding carboxylic acids is 1. The summed E-state index contributed by atoms with van der Waals surface area (Å²) in [7, 11) is -1.63. The van der Waals surface area contributed by atoms with Gasteiger partial charge in [-0.1, -0.05) is 18.2 Å². The molecule has 2 aromatic rings. The van der Waals surface area contributed by atoms with Crippen molar-refractivity contribution in [1.29, 1.82) is 0 Å². The number of aryl methyl sites for hydroxylation is 1. The molecule has 6 nitrogen and oxygen atoms in total. The minimum Gasteiger partial charge on any atom is -0.327 e. The van der Waals surface area contributed by atoms with Crippen LogP contribution in [0.3, 0.4) is 0 Å². The number of benzene rings is 1. The maximum atomic E-state index is 12.6. The molecule has 0 N–H and O–H groups in total. The summed E-state index contributed by atoms with van der Waals surface area (Å²) in [5.41, 5.74) is 0. The van der Waals surface area contributed by atoms with E-state index in [1.165, 1.54) is 15.6 Å². The lowest BCUT2D eigenvalue weighted by Crippen LogP contribution is -2.40. The predicted octanol–water partition coefficient (Wildman–Crippen LogP) is 1.61. The zero-order valence-corrected chi connectivity index (χ0v) is 15.0. The Hall–Kier alpha value is -1.77. The Balaban J connectivity index is 1.68. The van der Waals surface area contributed by atoms with Crippen molar-refractivity contribution in [1.82, 2.24) is 8.87 Å². The largest absolute Gasteiger partial charge is 0.327 e. The predicted molar refractivity (Wildman–Crippen MR) is 91.8 cm³/mol. The van der Waals surface area contributed by atoms with Crippen LogP contribution in [0.15, 0.2) is 51.8 Å². The van der Waals surface area contributed by atoms with Crippen molar-refractivity contribution < 1.29 is 13.2 Å². The zero-order chi connectivity index (χ0) is 17.2. The van der Waals surface area contributed by atoms with Crippen molar-refractivity contribution in [2.24, 2.45) is 18.0 Å². The molecule has 0 atom stereocenters. The molecule has 0 spiro atoms. The Morgan fingerprint density at radius 1 is 1.21 bits per heavy atom. The number of hydrogen-bond acceptors (Lipinski definition) is 4. The molecule has 0 unspecified atom stereocenters. The minimum atomic E-state index is -3.48. The molecule has 0 saturated carbocycles. The van der Waals surface area contributed by atoms with Gasteiger partial charge in [-0.25, -0.2) is 8.42 Å². The molecule has 0 radical (unpaired) electrons. The average Bonchev–Trinajstić information content (AvgIpc) is 3.00. The van der Waals surface area contributed by atoms with Crippen LogP contribution in [0.2, 0.25) is 0 Å². The highest BCUT2D eigenvalue weighted by atomic mass is 32.2. The van der Waals surface area contributed by atoms with Gasteiger partial charge in [0.15, 0.2) is 4.80 Å². The summed E-state index contributed by atoms with van der Waals surface area (Å²) in [5, 5.41) is 1.88. The number of carbonyl (C=O) groups is 1. The van der Waals surface area contributed by atoms with Crippen LogP contribution < -0.4 is 4.80 Å². The fraction of sp³-hybridized carbons (Fsp3) is 0.375. The molecule has 2 heterocycles. The lowest BCUT2D eigenvalue weighted by Gasteiger charge is -2.29. The van der Waals surface area contributed by atoms with Gasteiger partial charge in [-0.05, 0) is 25.0 Å². The molecule has 8 heteroatoms. The first-order valence-corrected chi connectivity index (χ1v) is 10.0. The third-order valence-corrected chi connectivity index (χ3v) is 6.91. The van der Waals surface area contributed by atoms with Gasteiger partial charge in [0, 0.05) is 37.6 Å². The van der Waals surface area contributed by atoms with Crippen LogP contribution in [0.5, 0.6) is 0 Å². The molecule has 1 fully saturated rings. The van der Waals surface area contributed by atoms with E-state index in [9.17, 15) is 13.2 Å². The number of nitrogens with zero attached hydrogens (tertiary/aromatic N) is 3. The number of aromatic nitrogens is 1. The second-order valence-corrected chi connectivity index (χ2v) is 8.55. The van der Waals surface area contributed by atoms with E-state index >= 15 is 0 Å². The van der Waals surface area contributed by atoms with Gasteiger partial charge in [0.05, 0.1) is 4.90 Å². The third kappa shape index (κ3) is 3.50. The van der Waals surface area contributed by atoms with Crippen molar-refractivity contribution in [2.45, 2.75) is 17.7 Å². The summed E-state index contributed by atoms with van der Waals surface area (Å²) in [6, 6.07) is 8.40. The quantitative estimate of drug-likeness (QED) is 0.830. The fourth-order valence-electron chi connectivity index (χ4n) is 2.70. The highest BCUT2D eigenvalue weighted by Gasteiger charge is 2.31. The second-order valence-electron chi connectivity index (χ2n) is 5.74.